The number of carbonyl (C=O) groups is 2. The second-order valence-corrected chi connectivity index (χ2v) is 9.86. The average molecular weight is 550 g/mol. The van der Waals surface area contributed by atoms with E-state index in [4.69, 9.17) is 11.1 Å². The molecule has 0 aliphatic rings. The van der Waals surface area contributed by atoms with Crippen LogP contribution in [0.15, 0.2) is 78.9 Å². The molecule has 3 aromatic carbocycles. The zero-order valence-corrected chi connectivity index (χ0v) is 22.4. The molecule has 206 valence electrons. The molecule has 2 unspecified atom stereocenters. The fourth-order valence-electron chi connectivity index (χ4n) is 3.80. The highest BCUT2D eigenvalue weighted by Gasteiger charge is 2.25. The summed E-state index contributed by atoms with van der Waals surface area (Å²) in [6, 6.07) is 22.2. The van der Waals surface area contributed by atoms with Crippen molar-refractivity contribution in [3.8, 4) is 5.75 Å². The minimum Gasteiger partial charge on any atom is -0.508 e. The molecule has 0 saturated carbocycles. The van der Waals surface area contributed by atoms with E-state index in [1.165, 1.54) is 11.9 Å². The van der Waals surface area contributed by atoms with Crippen molar-refractivity contribution in [2.24, 2.45) is 5.73 Å². The Bertz CT molecular complexity index is 1210. The number of nitrogens with two attached hydrogens (primary N) is 1. The summed E-state index contributed by atoms with van der Waals surface area (Å²) < 4.78 is 3.24. The summed E-state index contributed by atoms with van der Waals surface area (Å²) in [6.45, 7) is -0.0374. The van der Waals surface area contributed by atoms with Gasteiger partial charge in [-0.3, -0.25) is 19.7 Å². The van der Waals surface area contributed by atoms with E-state index >= 15 is 0 Å². The first-order chi connectivity index (χ1) is 18.9. The first-order valence-electron chi connectivity index (χ1n) is 12.7. The number of nitrogens with one attached hydrogen (secondary N) is 4. The van der Waals surface area contributed by atoms with Crippen LogP contribution in [0.5, 0.6) is 5.75 Å². The van der Waals surface area contributed by atoms with Gasteiger partial charge in [0.1, 0.15) is 17.6 Å². The minimum absolute atomic E-state index is 0.0354. The highest BCUT2D eigenvalue weighted by Crippen LogP contribution is 2.15. The number of amidine groups is 1. The van der Waals surface area contributed by atoms with Crippen LogP contribution in [0.3, 0.4) is 0 Å². The number of nitrogen functional groups attached to an aromatic ring is 1. The van der Waals surface area contributed by atoms with E-state index in [1.807, 2.05) is 42.5 Å². The first kappa shape index (κ1) is 29.7. The number of hydrogen-bond acceptors (Lipinski definition) is 7. The SMILES string of the molecule is N=C(N)c1ccc(CNC(=O)C(CCO)NC(=O)C(CCc2ccc(O)cc2)NSCc2ccccc2)cc1. The maximum atomic E-state index is 13.3. The van der Waals surface area contributed by atoms with Crippen molar-refractivity contribution in [3.05, 3.63) is 101 Å². The number of rotatable bonds is 15. The molecule has 0 aliphatic carbocycles. The average Bonchev–Trinajstić information content (AvgIpc) is 2.95. The molecule has 10 heteroatoms. The van der Waals surface area contributed by atoms with Crippen LogP contribution >= 0.6 is 11.9 Å². The maximum absolute atomic E-state index is 13.3. The lowest BCUT2D eigenvalue weighted by atomic mass is 10.0. The van der Waals surface area contributed by atoms with Gasteiger partial charge in [-0.25, -0.2) is 0 Å². The molecule has 0 aromatic heterocycles. The Hall–Kier alpha value is -3.86. The highest BCUT2D eigenvalue weighted by molar-refractivity contribution is 7.96. The molecule has 39 heavy (non-hydrogen) atoms. The van der Waals surface area contributed by atoms with E-state index in [0.717, 1.165) is 16.7 Å². The number of aromatic hydroxyl groups is 1. The van der Waals surface area contributed by atoms with Gasteiger partial charge in [-0.15, -0.1) is 0 Å². The monoisotopic (exact) mass is 549 g/mol. The maximum Gasteiger partial charge on any atom is 0.242 e. The summed E-state index contributed by atoms with van der Waals surface area (Å²) >= 11 is 1.42. The van der Waals surface area contributed by atoms with Gasteiger partial charge in [0.2, 0.25) is 11.8 Å². The zero-order valence-electron chi connectivity index (χ0n) is 21.6. The Morgan fingerprint density at radius 2 is 1.51 bits per heavy atom. The van der Waals surface area contributed by atoms with Gasteiger partial charge in [-0.05, 0) is 48.1 Å². The summed E-state index contributed by atoms with van der Waals surface area (Å²) in [4.78, 5) is 26.2. The number of aliphatic hydroxyl groups excluding tert-OH is 1. The molecular formula is C29H35N5O4S. The largest absolute Gasteiger partial charge is 0.508 e. The normalized spacial score (nSPS) is 12.3. The minimum atomic E-state index is -0.906. The van der Waals surface area contributed by atoms with E-state index in [-0.39, 0.29) is 37.1 Å². The van der Waals surface area contributed by atoms with Crippen LogP contribution in [0.2, 0.25) is 0 Å². The van der Waals surface area contributed by atoms with Crippen molar-refractivity contribution in [2.75, 3.05) is 6.61 Å². The van der Waals surface area contributed by atoms with Crippen molar-refractivity contribution < 1.29 is 19.8 Å². The predicted octanol–water partition coefficient (Wildman–Crippen LogP) is 2.60. The van der Waals surface area contributed by atoms with Gasteiger partial charge in [-0.2, -0.15) is 0 Å². The Morgan fingerprint density at radius 3 is 2.15 bits per heavy atom. The molecule has 0 aliphatic heterocycles. The number of aliphatic hydroxyl groups is 1. The Morgan fingerprint density at radius 1 is 0.846 bits per heavy atom. The number of benzene rings is 3. The Balaban J connectivity index is 1.61. The summed E-state index contributed by atoms with van der Waals surface area (Å²) in [7, 11) is 0. The van der Waals surface area contributed by atoms with Gasteiger partial charge in [-0.1, -0.05) is 78.7 Å². The van der Waals surface area contributed by atoms with Crippen LogP contribution < -0.4 is 21.1 Å². The van der Waals surface area contributed by atoms with Crippen molar-refractivity contribution in [3.63, 3.8) is 0 Å². The molecule has 0 heterocycles. The quantitative estimate of drug-likeness (QED) is 0.0871. The summed E-state index contributed by atoms with van der Waals surface area (Å²) in [5.74, 6) is 0.0624. The number of aryl methyl sites for hydroxylation is 1. The molecule has 9 nitrogen and oxygen atoms in total. The van der Waals surface area contributed by atoms with Crippen molar-refractivity contribution in [2.45, 2.75) is 43.6 Å². The third kappa shape index (κ3) is 10.1. The predicted molar refractivity (Wildman–Crippen MR) is 154 cm³/mol. The van der Waals surface area contributed by atoms with E-state index < -0.39 is 18.0 Å². The summed E-state index contributed by atoms with van der Waals surface area (Å²) in [5.41, 5.74) is 8.97. The molecule has 8 N–H and O–H groups in total. The molecule has 0 spiro atoms. The summed E-state index contributed by atoms with van der Waals surface area (Å²) in [5, 5.41) is 32.2. The lowest BCUT2D eigenvalue weighted by Gasteiger charge is -2.23. The summed E-state index contributed by atoms with van der Waals surface area (Å²) in [6.07, 6.45) is 1.13. The number of amides is 2. The first-order valence-corrected chi connectivity index (χ1v) is 13.7. The van der Waals surface area contributed by atoms with Crippen LogP contribution in [0.1, 0.15) is 35.1 Å². The standard InChI is InChI=1S/C29H35N5O4S/c30-27(31)23-11-6-21(7-12-23)18-32-28(37)25(16-17-35)33-29(38)26(15-10-20-8-13-24(36)14-9-20)34-39-19-22-4-2-1-3-5-22/h1-9,11-14,25-26,34-36H,10,15-19H2,(H3,30,31)(H,32,37)(H,33,38). The third-order valence-electron chi connectivity index (χ3n) is 6.06. The van der Waals surface area contributed by atoms with Crippen LogP contribution in [0, 0.1) is 5.41 Å². The zero-order chi connectivity index (χ0) is 28.0. The van der Waals surface area contributed by atoms with Gasteiger partial charge in [0.15, 0.2) is 0 Å². The topological polar surface area (TPSA) is 161 Å². The molecule has 0 saturated heterocycles. The fourth-order valence-corrected chi connectivity index (χ4v) is 4.67. The number of hydrogen-bond donors (Lipinski definition) is 7. The molecule has 2 atom stereocenters. The van der Waals surface area contributed by atoms with E-state index in [9.17, 15) is 19.8 Å². The molecule has 3 aromatic rings. The van der Waals surface area contributed by atoms with Crippen LogP contribution in [-0.4, -0.2) is 46.6 Å². The van der Waals surface area contributed by atoms with E-state index in [2.05, 4.69) is 15.4 Å². The molecule has 2 amide bonds. The fraction of sp³-hybridized carbons (Fsp3) is 0.276. The van der Waals surface area contributed by atoms with Crippen LogP contribution in [0.4, 0.5) is 0 Å². The van der Waals surface area contributed by atoms with Gasteiger partial charge in [0.05, 0.1) is 6.04 Å². The van der Waals surface area contributed by atoms with Crippen LogP contribution in [0.25, 0.3) is 0 Å². The van der Waals surface area contributed by atoms with Gasteiger partial charge >= 0.3 is 0 Å². The molecule has 3 rings (SSSR count). The molecule has 0 radical (unpaired) electrons. The lowest BCUT2D eigenvalue weighted by Crippen LogP contribution is -2.52. The lowest BCUT2D eigenvalue weighted by molar-refractivity contribution is -0.130. The Kier molecular flexibility index (Phi) is 11.8. The van der Waals surface area contributed by atoms with Gasteiger partial charge in [0.25, 0.3) is 0 Å². The smallest absolute Gasteiger partial charge is 0.242 e. The van der Waals surface area contributed by atoms with Crippen molar-refractivity contribution >= 4 is 29.6 Å². The number of carbonyl (C=O) groups excluding carboxylic acids is 2. The number of phenolic OH excluding ortho intramolecular Hbond substituents is 1. The second-order valence-electron chi connectivity index (χ2n) is 9.05. The second kappa shape index (κ2) is 15.5. The van der Waals surface area contributed by atoms with Crippen LogP contribution in [-0.2, 0) is 28.3 Å². The number of phenols is 1. The highest BCUT2D eigenvalue weighted by atomic mass is 32.2. The van der Waals surface area contributed by atoms with Gasteiger partial charge in [0, 0.05) is 24.5 Å². The third-order valence-corrected chi connectivity index (χ3v) is 6.99. The van der Waals surface area contributed by atoms with E-state index in [0.29, 0.717) is 24.2 Å². The van der Waals surface area contributed by atoms with Gasteiger partial charge < -0.3 is 26.6 Å². The van der Waals surface area contributed by atoms with E-state index in [1.54, 1.807) is 36.4 Å². The van der Waals surface area contributed by atoms with Crippen molar-refractivity contribution in [1.29, 1.82) is 5.41 Å². The van der Waals surface area contributed by atoms with Crippen molar-refractivity contribution in [1.82, 2.24) is 15.4 Å². The molecule has 0 bridgehead atoms. The molecule has 0 fully saturated rings. The Labute approximate surface area is 232 Å². The molecular weight excluding hydrogens is 514 g/mol.